The molecule has 0 unspecified atom stereocenters. The molecule has 1 amide bonds. The van der Waals surface area contributed by atoms with Gasteiger partial charge in [-0.15, -0.1) is 0 Å². The van der Waals surface area contributed by atoms with E-state index in [1.54, 1.807) is 36.0 Å². The van der Waals surface area contributed by atoms with Gasteiger partial charge in [-0.3, -0.25) is 4.79 Å². The average Bonchev–Trinajstić information content (AvgIpc) is 2.56. The molecule has 0 aliphatic carbocycles. The van der Waals surface area contributed by atoms with Crippen molar-refractivity contribution in [3.05, 3.63) is 59.5 Å². The van der Waals surface area contributed by atoms with Crippen molar-refractivity contribution in [1.29, 1.82) is 0 Å². The number of hydrogen-bond acceptors (Lipinski definition) is 4. The predicted octanol–water partition coefficient (Wildman–Crippen LogP) is 2.89. The van der Waals surface area contributed by atoms with Crippen molar-refractivity contribution in [1.82, 2.24) is 10.3 Å². The lowest BCUT2D eigenvalue weighted by molar-refractivity contribution is 0.0955. The van der Waals surface area contributed by atoms with Crippen LogP contribution in [0.4, 0.5) is 4.39 Å². The maximum atomic E-state index is 13.4. The summed E-state index contributed by atoms with van der Waals surface area (Å²) < 4.78 is 18.3. The molecular formula is C16H17FN2O2S. The second-order valence-electron chi connectivity index (χ2n) is 4.49. The number of halogens is 1. The molecule has 1 aromatic heterocycles. The van der Waals surface area contributed by atoms with Crippen LogP contribution in [0.1, 0.15) is 15.9 Å². The highest BCUT2D eigenvalue weighted by atomic mass is 32.2. The van der Waals surface area contributed by atoms with Crippen molar-refractivity contribution in [3.63, 3.8) is 0 Å². The number of methoxy groups -OCH3 is 1. The number of thioether (sulfide) groups is 1. The van der Waals surface area contributed by atoms with Crippen LogP contribution in [-0.4, -0.2) is 30.3 Å². The van der Waals surface area contributed by atoms with E-state index >= 15 is 0 Å². The van der Waals surface area contributed by atoms with Crippen molar-refractivity contribution in [2.75, 3.05) is 19.4 Å². The molecule has 0 bridgehead atoms. The fraction of sp³-hybridized carbons (Fsp3) is 0.250. The van der Waals surface area contributed by atoms with Gasteiger partial charge in [-0.1, -0.05) is 18.2 Å². The van der Waals surface area contributed by atoms with Crippen molar-refractivity contribution in [2.24, 2.45) is 0 Å². The first-order valence-corrected chi connectivity index (χ1v) is 7.95. The number of rotatable bonds is 7. The van der Waals surface area contributed by atoms with Crippen LogP contribution in [0.3, 0.4) is 0 Å². The molecule has 4 nitrogen and oxygen atoms in total. The molecule has 6 heteroatoms. The molecule has 116 valence electrons. The van der Waals surface area contributed by atoms with E-state index in [0.717, 1.165) is 0 Å². The standard InChI is InChI=1S/C16H17FN2O2S/c1-21-15-7-6-12(10-19-15)16(20)18-8-9-22-11-13-4-2-3-5-14(13)17/h2-7,10H,8-9,11H2,1H3,(H,18,20). The molecule has 0 aliphatic heterocycles. The maximum Gasteiger partial charge on any atom is 0.252 e. The predicted molar refractivity (Wildman–Crippen MR) is 85.7 cm³/mol. The highest BCUT2D eigenvalue weighted by Crippen LogP contribution is 2.14. The van der Waals surface area contributed by atoms with Crippen LogP contribution in [0, 0.1) is 5.82 Å². The van der Waals surface area contributed by atoms with E-state index in [2.05, 4.69) is 10.3 Å². The largest absolute Gasteiger partial charge is 0.481 e. The highest BCUT2D eigenvalue weighted by Gasteiger charge is 2.06. The lowest BCUT2D eigenvalue weighted by Crippen LogP contribution is -2.25. The molecule has 22 heavy (non-hydrogen) atoms. The molecule has 2 aromatic rings. The number of nitrogens with zero attached hydrogens (tertiary/aromatic N) is 1. The van der Waals surface area contributed by atoms with Crippen LogP contribution >= 0.6 is 11.8 Å². The van der Waals surface area contributed by atoms with E-state index in [1.807, 2.05) is 6.07 Å². The average molecular weight is 320 g/mol. The third kappa shape index (κ3) is 4.73. The molecule has 0 spiro atoms. The van der Waals surface area contributed by atoms with Gasteiger partial charge in [0.15, 0.2) is 0 Å². The first-order valence-electron chi connectivity index (χ1n) is 6.80. The normalized spacial score (nSPS) is 10.3. The summed E-state index contributed by atoms with van der Waals surface area (Å²) >= 11 is 1.57. The third-order valence-electron chi connectivity index (χ3n) is 2.96. The number of pyridine rings is 1. The number of nitrogens with one attached hydrogen (secondary N) is 1. The van der Waals surface area contributed by atoms with Crippen LogP contribution in [0.15, 0.2) is 42.6 Å². The molecule has 0 aliphatic rings. The second-order valence-corrected chi connectivity index (χ2v) is 5.59. The second kappa shape index (κ2) is 8.38. The van der Waals surface area contributed by atoms with Crippen LogP contribution in [0.25, 0.3) is 0 Å². The van der Waals surface area contributed by atoms with E-state index in [-0.39, 0.29) is 11.7 Å². The van der Waals surface area contributed by atoms with Crippen LogP contribution < -0.4 is 10.1 Å². The Bertz CT molecular complexity index is 620. The third-order valence-corrected chi connectivity index (χ3v) is 3.96. The molecule has 0 saturated carbocycles. The summed E-state index contributed by atoms with van der Waals surface area (Å²) in [5.74, 6) is 1.40. The Balaban J connectivity index is 1.70. The molecule has 2 rings (SSSR count). The SMILES string of the molecule is COc1ccc(C(=O)NCCSCc2ccccc2F)cn1. The van der Waals surface area contributed by atoms with Crippen molar-refractivity contribution < 1.29 is 13.9 Å². The Labute approximate surface area is 133 Å². The number of benzene rings is 1. The van der Waals surface area contributed by atoms with Gasteiger partial charge in [0.1, 0.15) is 5.82 Å². The zero-order valence-corrected chi connectivity index (χ0v) is 13.0. The van der Waals surface area contributed by atoms with Crippen LogP contribution in [-0.2, 0) is 5.75 Å². The number of amides is 1. The number of ether oxygens (including phenoxy) is 1. The van der Waals surface area contributed by atoms with E-state index in [9.17, 15) is 9.18 Å². The summed E-state index contributed by atoms with van der Waals surface area (Å²) in [7, 11) is 1.52. The summed E-state index contributed by atoms with van der Waals surface area (Å²) in [5, 5.41) is 2.80. The Morgan fingerprint density at radius 1 is 1.32 bits per heavy atom. The fourth-order valence-electron chi connectivity index (χ4n) is 1.77. The minimum atomic E-state index is -0.191. The Kier molecular flexibility index (Phi) is 6.21. The van der Waals surface area contributed by atoms with Gasteiger partial charge in [-0.05, 0) is 17.7 Å². The van der Waals surface area contributed by atoms with Gasteiger partial charge in [-0.25, -0.2) is 9.37 Å². The van der Waals surface area contributed by atoms with Crippen LogP contribution in [0.2, 0.25) is 0 Å². The zero-order chi connectivity index (χ0) is 15.8. The summed E-state index contributed by atoms with van der Waals surface area (Å²) in [5.41, 5.74) is 1.16. The van der Waals surface area contributed by atoms with E-state index in [4.69, 9.17) is 4.74 Å². The minimum absolute atomic E-state index is 0.179. The Morgan fingerprint density at radius 2 is 2.14 bits per heavy atom. The lowest BCUT2D eigenvalue weighted by Gasteiger charge is -2.06. The molecule has 0 fully saturated rings. The molecule has 1 aromatic carbocycles. The van der Waals surface area contributed by atoms with E-state index in [1.165, 1.54) is 19.4 Å². The highest BCUT2D eigenvalue weighted by molar-refractivity contribution is 7.98. The first-order chi connectivity index (χ1) is 10.7. The zero-order valence-electron chi connectivity index (χ0n) is 12.2. The topological polar surface area (TPSA) is 51.2 Å². The van der Waals surface area contributed by atoms with Crippen molar-refractivity contribution in [2.45, 2.75) is 5.75 Å². The number of aromatic nitrogens is 1. The molecular weight excluding hydrogens is 303 g/mol. The summed E-state index contributed by atoms with van der Waals surface area (Å²) in [4.78, 5) is 15.9. The van der Waals surface area contributed by atoms with E-state index in [0.29, 0.717) is 35.1 Å². The lowest BCUT2D eigenvalue weighted by atomic mass is 10.2. The van der Waals surface area contributed by atoms with Crippen molar-refractivity contribution in [3.8, 4) is 5.88 Å². The number of hydrogen-bond donors (Lipinski definition) is 1. The number of carbonyl (C=O) groups is 1. The molecule has 0 saturated heterocycles. The van der Waals surface area contributed by atoms with Gasteiger partial charge in [0.25, 0.3) is 5.91 Å². The monoisotopic (exact) mass is 320 g/mol. The maximum absolute atomic E-state index is 13.4. The van der Waals surface area contributed by atoms with Gasteiger partial charge < -0.3 is 10.1 Å². The molecule has 0 radical (unpaired) electrons. The van der Waals surface area contributed by atoms with E-state index < -0.39 is 0 Å². The van der Waals surface area contributed by atoms with Gasteiger partial charge in [-0.2, -0.15) is 11.8 Å². The van der Waals surface area contributed by atoms with Gasteiger partial charge >= 0.3 is 0 Å². The smallest absolute Gasteiger partial charge is 0.252 e. The summed E-state index contributed by atoms with van der Waals surface area (Å²) in [6.45, 7) is 0.518. The van der Waals surface area contributed by atoms with Gasteiger partial charge in [0, 0.05) is 30.3 Å². The summed E-state index contributed by atoms with van der Waals surface area (Å²) in [6.07, 6.45) is 1.47. The first kappa shape index (κ1) is 16.3. The van der Waals surface area contributed by atoms with Gasteiger partial charge in [0.05, 0.1) is 12.7 Å². The quantitative estimate of drug-likeness (QED) is 0.797. The Hall–Kier alpha value is -2.08. The molecule has 0 atom stereocenters. The molecule has 1 heterocycles. The number of carbonyl (C=O) groups excluding carboxylic acids is 1. The fourth-order valence-corrected chi connectivity index (χ4v) is 2.62. The van der Waals surface area contributed by atoms with Gasteiger partial charge in [0.2, 0.25) is 5.88 Å². The summed E-state index contributed by atoms with van der Waals surface area (Å²) in [6, 6.07) is 10.0. The van der Waals surface area contributed by atoms with Crippen LogP contribution in [0.5, 0.6) is 5.88 Å². The minimum Gasteiger partial charge on any atom is -0.481 e. The molecule has 1 N–H and O–H groups in total. The van der Waals surface area contributed by atoms with Crippen molar-refractivity contribution >= 4 is 17.7 Å². The Morgan fingerprint density at radius 3 is 2.82 bits per heavy atom.